The Morgan fingerprint density at radius 2 is 1.88 bits per heavy atom. The van der Waals surface area contributed by atoms with Gasteiger partial charge in [0.25, 0.3) is 0 Å². The van der Waals surface area contributed by atoms with Gasteiger partial charge in [0.05, 0.1) is 7.11 Å². The maximum absolute atomic E-state index is 6.24. The third-order valence-corrected chi connectivity index (χ3v) is 5.46. The van der Waals surface area contributed by atoms with E-state index in [1.165, 1.54) is 0 Å². The van der Waals surface area contributed by atoms with Crippen LogP contribution in [-0.4, -0.2) is 12.6 Å². The van der Waals surface area contributed by atoms with Gasteiger partial charge in [0.15, 0.2) is 11.5 Å². The number of rotatable bonds is 8. The Morgan fingerprint density at radius 3 is 2.52 bits per heavy atom. The highest BCUT2D eigenvalue weighted by Gasteiger charge is 2.19. The second kappa shape index (κ2) is 8.93. The van der Waals surface area contributed by atoms with E-state index in [4.69, 9.17) is 21.1 Å². The Kier molecular flexibility index (Phi) is 7.17. The fourth-order valence-corrected chi connectivity index (χ4v) is 2.93. The summed E-state index contributed by atoms with van der Waals surface area (Å²) in [4.78, 5) is 0. The van der Waals surface area contributed by atoms with Crippen LogP contribution in [0.4, 0.5) is 0 Å². The van der Waals surface area contributed by atoms with E-state index in [0.29, 0.717) is 23.9 Å². The molecule has 0 amide bonds. The average molecular weight is 427 g/mol. The van der Waals surface area contributed by atoms with Crippen LogP contribution in [0.2, 0.25) is 5.02 Å². The number of methoxy groups -OCH3 is 1. The van der Waals surface area contributed by atoms with E-state index in [-0.39, 0.29) is 5.54 Å². The van der Waals surface area contributed by atoms with Crippen LogP contribution in [0.1, 0.15) is 38.3 Å². The fourth-order valence-electron chi connectivity index (χ4n) is 2.28. The number of benzene rings is 2. The molecule has 1 N–H and O–H groups in total. The topological polar surface area (TPSA) is 30.5 Å². The Labute approximate surface area is 163 Å². The molecule has 0 radical (unpaired) electrons. The Hall–Kier alpha value is -1.23. The first-order chi connectivity index (χ1) is 11.9. The van der Waals surface area contributed by atoms with Crippen molar-refractivity contribution >= 4 is 27.5 Å². The van der Waals surface area contributed by atoms with Gasteiger partial charge >= 0.3 is 0 Å². The molecule has 136 valence electrons. The van der Waals surface area contributed by atoms with Crippen LogP contribution in [0.15, 0.2) is 40.9 Å². The summed E-state index contributed by atoms with van der Waals surface area (Å²) in [5, 5.41) is 4.27. The zero-order chi connectivity index (χ0) is 18.4. The van der Waals surface area contributed by atoms with Crippen molar-refractivity contribution in [1.82, 2.24) is 5.32 Å². The molecule has 25 heavy (non-hydrogen) atoms. The molecule has 0 unspecified atom stereocenters. The molecule has 5 heteroatoms. The quantitative estimate of drug-likeness (QED) is 0.564. The smallest absolute Gasteiger partial charge is 0.167 e. The summed E-state index contributed by atoms with van der Waals surface area (Å²) in [6.45, 7) is 7.60. The van der Waals surface area contributed by atoms with Crippen molar-refractivity contribution < 1.29 is 9.47 Å². The summed E-state index contributed by atoms with van der Waals surface area (Å²) in [6.07, 6.45) is 1.03. The maximum atomic E-state index is 6.24. The van der Waals surface area contributed by atoms with E-state index in [0.717, 1.165) is 27.8 Å². The van der Waals surface area contributed by atoms with Gasteiger partial charge in [-0.2, -0.15) is 0 Å². The summed E-state index contributed by atoms with van der Waals surface area (Å²) in [5.41, 5.74) is 2.02. The third kappa shape index (κ3) is 5.37. The molecule has 0 saturated carbocycles. The van der Waals surface area contributed by atoms with Gasteiger partial charge in [-0.25, -0.2) is 0 Å². The Bertz CT molecular complexity index is 719. The molecule has 0 aromatic heterocycles. The lowest BCUT2D eigenvalue weighted by atomic mass is 10.0. The Morgan fingerprint density at radius 1 is 1.16 bits per heavy atom. The van der Waals surface area contributed by atoms with Crippen molar-refractivity contribution in [1.29, 1.82) is 0 Å². The maximum Gasteiger partial charge on any atom is 0.167 e. The van der Waals surface area contributed by atoms with Crippen molar-refractivity contribution in [2.45, 2.75) is 45.9 Å². The van der Waals surface area contributed by atoms with E-state index in [9.17, 15) is 0 Å². The molecule has 0 saturated heterocycles. The predicted molar refractivity (Wildman–Crippen MR) is 108 cm³/mol. The normalized spacial score (nSPS) is 11.4. The van der Waals surface area contributed by atoms with Crippen LogP contribution in [0.25, 0.3) is 0 Å². The van der Waals surface area contributed by atoms with Gasteiger partial charge in [0, 0.05) is 32.7 Å². The molecule has 0 spiro atoms. The predicted octanol–water partition coefficient (Wildman–Crippen LogP) is 5.97. The molecule has 0 aliphatic carbocycles. The van der Waals surface area contributed by atoms with E-state index in [1.54, 1.807) is 7.11 Å². The molecule has 3 nitrogen and oxygen atoms in total. The number of hydrogen-bond acceptors (Lipinski definition) is 3. The van der Waals surface area contributed by atoms with Crippen molar-refractivity contribution in [3.05, 3.63) is 57.0 Å². The molecule has 0 aliphatic heterocycles. The van der Waals surface area contributed by atoms with E-state index in [2.05, 4.69) is 42.0 Å². The largest absolute Gasteiger partial charge is 0.493 e. The monoisotopic (exact) mass is 425 g/mol. The molecule has 0 aliphatic rings. The van der Waals surface area contributed by atoms with Crippen LogP contribution < -0.4 is 14.8 Å². The summed E-state index contributed by atoms with van der Waals surface area (Å²) < 4.78 is 12.6. The standard InChI is InChI=1S/C20H25BrClNO2/c1-5-20(2,3)23-12-15-16(21)10-11-18(24-4)19(15)25-13-14-8-6-7-9-17(14)22/h6-11,23H,5,12-13H2,1-4H3. The summed E-state index contributed by atoms with van der Waals surface area (Å²) in [6, 6.07) is 11.6. The molecule has 2 rings (SSSR count). The SMILES string of the molecule is CCC(C)(C)NCc1c(Br)ccc(OC)c1OCc1ccccc1Cl. The first-order valence-electron chi connectivity index (χ1n) is 8.34. The van der Waals surface area contributed by atoms with Gasteiger partial charge in [0.2, 0.25) is 0 Å². The third-order valence-electron chi connectivity index (χ3n) is 4.34. The van der Waals surface area contributed by atoms with Crippen molar-refractivity contribution in [3.8, 4) is 11.5 Å². The molecule has 2 aromatic carbocycles. The van der Waals surface area contributed by atoms with Crippen molar-refractivity contribution in [2.75, 3.05) is 7.11 Å². The highest BCUT2D eigenvalue weighted by atomic mass is 79.9. The second-order valence-corrected chi connectivity index (χ2v) is 7.79. The molecule has 0 bridgehead atoms. The van der Waals surface area contributed by atoms with Crippen LogP contribution in [0.3, 0.4) is 0 Å². The number of hydrogen-bond donors (Lipinski definition) is 1. The first-order valence-corrected chi connectivity index (χ1v) is 9.51. The molecular weight excluding hydrogens is 402 g/mol. The molecule has 0 atom stereocenters. The van der Waals surface area contributed by atoms with Crippen LogP contribution in [0, 0.1) is 0 Å². The fraction of sp³-hybridized carbons (Fsp3) is 0.400. The van der Waals surface area contributed by atoms with Gasteiger partial charge < -0.3 is 14.8 Å². The van der Waals surface area contributed by atoms with E-state index < -0.39 is 0 Å². The summed E-state index contributed by atoms with van der Waals surface area (Å²) in [7, 11) is 1.65. The highest BCUT2D eigenvalue weighted by Crippen LogP contribution is 2.37. The van der Waals surface area contributed by atoms with Gasteiger partial charge in [-0.1, -0.05) is 52.7 Å². The lowest BCUT2D eigenvalue weighted by molar-refractivity contribution is 0.278. The average Bonchev–Trinajstić information content (AvgIpc) is 2.60. The number of halogens is 2. The van der Waals surface area contributed by atoms with Crippen molar-refractivity contribution in [2.24, 2.45) is 0 Å². The Balaban J connectivity index is 2.28. The number of nitrogens with one attached hydrogen (secondary N) is 1. The molecule has 2 aromatic rings. The van der Waals surface area contributed by atoms with Gasteiger partial charge in [0.1, 0.15) is 6.61 Å². The molecule has 0 fully saturated rings. The zero-order valence-electron chi connectivity index (χ0n) is 15.2. The van der Waals surface area contributed by atoms with Crippen LogP contribution in [0.5, 0.6) is 11.5 Å². The van der Waals surface area contributed by atoms with Crippen LogP contribution >= 0.6 is 27.5 Å². The first kappa shape index (κ1) is 20.1. The number of ether oxygens (including phenoxy) is 2. The highest BCUT2D eigenvalue weighted by molar-refractivity contribution is 9.10. The second-order valence-electron chi connectivity index (χ2n) is 6.53. The van der Waals surface area contributed by atoms with E-state index in [1.807, 2.05) is 36.4 Å². The molecular formula is C20H25BrClNO2. The lowest BCUT2D eigenvalue weighted by Gasteiger charge is -2.26. The molecule has 0 heterocycles. The van der Waals surface area contributed by atoms with Gasteiger partial charge in [-0.15, -0.1) is 0 Å². The summed E-state index contributed by atoms with van der Waals surface area (Å²) in [5.74, 6) is 1.44. The van der Waals surface area contributed by atoms with Gasteiger partial charge in [-0.3, -0.25) is 0 Å². The van der Waals surface area contributed by atoms with E-state index >= 15 is 0 Å². The minimum atomic E-state index is 0.0442. The minimum Gasteiger partial charge on any atom is -0.493 e. The zero-order valence-corrected chi connectivity index (χ0v) is 17.5. The summed E-state index contributed by atoms with van der Waals surface area (Å²) >= 11 is 9.88. The lowest BCUT2D eigenvalue weighted by Crippen LogP contribution is -2.38. The van der Waals surface area contributed by atoms with Crippen LogP contribution in [-0.2, 0) is 13.2 Å². The van der Waals surface area contributed by atoms with Crippen molar-refractivity contribution in [3.63, 3.8) is 0 Å². The van der Waals surface area contributed by atoms with Gasteiger partial charge in [-0.05, 0) is 38.5 Å². The minimum absolute atomic E-state index is 0.0442.